The highest BCUT2D eigenvalue weighted by Gasteiger charge is 2.23. The Hall–Kier alpha value is -0.710. The molecule has 1 aliphatic heterocycles. The highest BCUT2D eigenvalue weighted by Crippen LogP contribution is 2.15. The fraction of sp³-hybridized carbons (Fsp3) is 0.500. The highest BCUT2D eigenvalue weighted by atomic mass is 79.9. The fourth-order valence-corrected chi connectivity index (χ4v) is 2.63. The number of Topliss-reactive ketones (excluding diaryl/α,β-unsaturated/α-hetero) is 1. The van der Waals surface area contributed by atoms with E-state index in [0.29, 0.717) is 18.9 Å². The van der Waals surface area contributed by atoms with Crippen molar-refractivity contribution in [3.8, 4) is 0 Å². The number of rotatable bonds is 5. The number of likely N-dealkylation sites (N-methyl/N-ethyl adjacent to an activating group) is 1. The van der Waals surface area contributed by atoms with Gasteiger partial charge in [-0.1, -0.05) is 28.1 Å². The van der Waals surface area contributed by atoms with Crippen molar-refractivity contribution in [3.05, 3.63) is 34.3 Å². The quantitative estimate of drug-likeness (QED) is 0.836. The predicted octanol–water partition coefficient (Wildman–Crippen LogP) is 2.49. The number of ketones is 1. The third-order valence-corrected chi connectivity index (χ3v) is 3.65. The summed E-state index contributed by atoms with van der Waals surface area (Å²) in [6, 6.07) is 8.18. The molecule has 1 heterocycles. The summed E-state index contributed by atoms with van der Waals surface area (Å²) in [7, 11) is 1.98. The lowest BCUT2D eigenvalue weighted by Gasteiger charge is -2.17. The van der Waals surface area contributed by atoms with Crippen LogP contribution in [-0.2, 0) is 16.1 Å². The average Bonchev–Trinajstić information content (AvgIpc) is 2.81. The van der Waals surface area contributed by atoms with Gasteiger partial charge in [0.25, 0.3) is 0 Å². The Kier molecular flexibility index (Phi) is 4.92. The molecule has 0 bridgehead atoms. The zero-order chi connectivity index (χ0) is 13.0. The van der Waals surface area contributed by atoms with Crippen LogP contribution in [0.5, 0.6) is 0 Å². The van der Waals surface area contributed by atoms with E-state index in [9.17, 15) is 4.79 Å². The SMILES string of the molecule is CN(CC(=O)C1CCOC1)Cc1cccc(Br)c1. The standard InChI is InChI=1S/C14H18BrNO2/c1-16(8-11-3-2-4-13(15)7-11)9-14(17)12-5-6-18-10-12/h2-4,7,12H,5-6,8-10H2,1H3. The number of carbonyl (C=O) groups is 1. The van der Waals surface area contributed by atoms with Crippen LogP contribution < -0.4 is 0 Å². The van der Waals surface area contributed by atoms with Gasteiger partial charge >= 0.3 is 0 Å². The second kappa shape index (κ2) is 6.45. The zero-order valence-corrected chi connectivity index (χ0v) is 12.1. The fourth-order valence-electron chi connectivity index (χ4n) is 2.19. The molecule has 1 aromatic rings. The number of halogens is 1. The van der Waals surface area contributed by atoms with E-state index < -0.39 is 0 Å². The van der Waals surface area contributed by atoms with Gasteiger partial charge in [-0.25, -0.2) is 0 Å². The molecular weight excluding hydrogens is 294 g/mol. The Morgan fingerprint density at radius 1 is 1.56 bits per heavy atom. The molecule has 0 saturated carbocycles. The number of benzene rings is 1. The normalized spacial score (nSPS) is 19.4. The van der Waals surface area contributed by atoms with Gasteiger partial charge in [0.2, 0.25) is 0 Å². The Labute approximate surface area is 116 Å². The van der Waals surface area contributed by atoms with Crippen LogP contribution in [0.4, 0.5) is 0 Å². The van der Waals surface area contributed by atoms with Gasteiger partial charge < -0.3 is 4.74 Å². The number of nitrogens with zero attached hydrogens (tertiary/aromatic N) is 1. The first-order valence-corrected chi connectivity index (χ1v) is 6.98. The minimum atomic E-state index is 0.106. The van der Waals surface area contributed by atoms with Gasteiger partial charge in [-0.15, -0.1) is 0 Å². The number of hydrogen-bond acceptors (Lipinski definition) is 3. The molecule has 0 aromatic heterocycles. The molecular formula is C14H18BrNO2. The molecule has 1 unspecified atom stereocenters. The molecule has 4 heteroatoms. The van der Waals surface area contributed by atoms with E-state index in [4.69, 9.17) is 4.74 Å². The van der Waals surface area contributed by atoms with E-state index >= 15 is 0 Å². The van der Waals surface area contributed by atoms with Crippen molar-refractivity contribution < 1.29 is 9.53 Å². The molecule has 2 rings (SSSR count). The van der Waals surface area contributed by atoms with Gasteiger partial charge in [-0.2, -0.15) is 0 Å². The van der Waals surface area contributed by atoms with Gasteiger partial charge in [-0.3, -0.25) is 9.69 Å². The summed E-state index contributed by atoms with van der Waals surface area (Å²) in [4.78, 5) is 14.0. The van der Waals surface area contributed by atoms with Gasteiger partial charge in [-0.05, 0) is 31.2 Å². The van der Waals surface area contributed by atoms with Crippen LogP contribution >= 0.6 is 15.9 Å². The van der Waals surface area contributed by atoms with E-state index in [1.807, 2.05) is 19.2 Å². The van der Waals surface area contributed by atoms with Crippen molar-refractivity contribution in [2.24, 2.45) is 5.92 Å². The summed E-state index contributed by atoms with van der Waals surface area (Å²) in [5.41, 5.74) is 1.21. The van der Waals surface area contributed by atoms with E-state index in [0.717, 1.165) is 24.0 Å². The van der Waals surface area contributed by atoms with Crippen molar-refractivity contribution in [3.63, 3.8) is 0 Å². The molecule has 1 aromatic carbocycles. The molecule has 1 atom stereocenters. The molecule has 0 amide bonds. The molecule has 3 nitrogen and oxygen atoms in total. The van der Waals surface area contributed by atoms with E-state index in [-0.39, 0.29) is 5.92 Å². The molecule has 18 heavy (non-hydrogen) atoms. The van der Waals surface area contributed by atoms with Crippen LogP contribution in [0.2, 0.25) is 0 Å². The molecule has 1 fully saturated rings. The van der Waals surface area contributed by atoms with Crippen LogP contribution in [0, 0.1) is 5.92 Å². The summed E-state index contributed by atoms with van der Waals surface area (Å²) in [5, 5.41) is 0. The Morgan fingerprint density at radius 2 is 2.39 bits per heavy atom. The summed E-state index contributed by atoms with van der Waals surface area (Å²) in [6.07, 6.45) is 0.879. The Bertz CT molecular complexity index is 416. The largest absolute Gasteiger partial charge is 0.381 e. The van der Waals surface area contributed by atoms with Gasteiger partial charge in [0.1, 0.15) is 0 Å². The minimum Gasteiger partial charge on any atom is -0.381 e. The maximum absolute atomic E-state index is 12.0. The maximum atomic E-state index is 12.0. The zero-order valence-electron chi connectivity index (χ0n) is 10.6. The molecule has 98 valence electrons. The number of hydrogen-bond donors (Lipinski definition) is 0. The van der Waals surface area contributed by atoms with Gasteiger partial charge in [0, 0.05) is 23.5 Å². The lowest BCUT2D eigenvalue weighted by molar-refractivity contribution is -0.123. The van der Waals surface area contributed by atoms with Crippen LogP contribution in [0.15, 0.2) is 28.7 Å². The first kappa shape index (κ1) is 13.7. The van der Waals surface area contributed by atoms with E-state index in [2.05, 4.69) is 33.0 Å². The van der Waals surface area contributed by atoms with Crippen molar-refractivity contribution in [2.45, 2.75) is 13.0 Å². The van der Waals surface area contributed by atoms with Crippen molar-refractivity contribution in [2.75, 3.05) is 26.8 Å². The highest BCUT2D eigenvalue weighted by molar-refractivity contribution is 9.10. The summed E-state index contributed by atoms with van der Waals surface area (Å²) >= 11 is 3.45. The third-order valence-electron chi connectivity index (χ3n) is 3.15. The smallest absolute Gasteiger partial charge is 0.152 e. The third kappa shape index (κ3) is 3.90. The van der Waals surface area contributed by atoms with Crippen LogP contribution in [0.25, 0.3) is 0 Å². The van der Waals surface area contributed by atoms with Crippen molar-refractivity contribution in [1.82, 2.24) is 4.90 Å². The molecule has 0 radical (unpaired) electrons. The Balaban J connectivity index is 1.84. The first-order chi connectivity index (χ1) is 8.65. The minimum absolute atomic E-state index is 0.106. The summed E-state index contributed by atoms with van der Waals surface area (Å²) in [6.45, 7) is 2.62. The van der Waals surface area contributed by atoms with Crippen LogP contribution in [0.3, 0.4) is 0 Å². The first-order valence-electron chi connectivity index (χ1n) is 6.18. The second-order valence-corrected chi connectivity index (χ2v) is 5.74. The van der Waals surface area contributed by atoms with Crippen LogP contribution in [0.1, 0.15) is 12.0 Å². The average molecular weight is 312 g/mol. The molecule has 0 aliphatic carbocycles. The molecule has 1 aliphatic rings. The van der Waals surface area contributed by atoms with E-state index in [1.165, 1.54) is 5.56 Å². The second-order valence-electron chi connectivity index (χ2n) is 4.83. The maximum Gasteiger partial charge on any atom is 0.152 e. The van der Waals surface area contributed by atoms with E-state index in [1.54, 1.807) is 0 Å². The Morgan fingerprint density at radius 3 is 3.06 bits per heavy atom. The number of carbonyl (C=O) groups excluding carboxylic acids is 1. The lowest BCUT2D eigenvalue weighted by atomic mass is 10.0. The van der Waals surface area contributed by atoms with Crippen molar-refractivity contribution >= 4 is 21.7 Å². The summed E-state index contributed by atoms with van der Waals surface area (Å²) in [5.74, 6) is 0.403. The molecule has 0 N–H and O–H groups in total. The predicted molar refractivity (Wildman–Crippen MR) is 74.4 cm³/mol. The molecule has 1 saturated heterocycles. The van der Waals surface area contributed by atoms with Gasteiger partial charge in [0.05, 0.1) is 13.2 Å². The number of ether oxygens (including phenoxy) is 1. The van der Waals surface area contributed by atoms with Crippen molar-refractivity contribution in [1.29, 1.82) is 0 Å². The van der Waals surface area contributed by atoms with Crippen LogP contribution in [-0.4, -0.2) is 37.5 Å². The topological polar surface area (TPSA) is 29.5 Å². The lowest BCUT2D eigenvalue weighted by Crippen LogP contribution is -2.30. The molecule has 0 spiro atoms. The monoisotopic (exact) mass is 311 g/mol. The van der Waals surface area contributed by atoms with Gasteiger partial charge in [0.15, 0.2) is 5.78 Å². The summed E-state index contributed by atoms with van der Waals surface area (Å²) < 4.78 is 6.32.